The fourth-order valence-corrected chi connectivity index (χ4v) is 3.25. The Morgan fingerprint density at radius 2 is 1.67 bits per heavy atom. The molecule has 0 atom stereocenters. The zero-order valence-electron chi connectivity index (χ0n) is 17.6. The van der Waals surface area contributed by atoms with Gasteiger partial charge in [-0.05, 0) is 74.6 Å². The van der Waals surface area contributed by atoms with Gasteiger partial charge in [0.25, 0.3) is 0 Å². The molecule has 0 bridgehead atoms. The van der Waals surface area contributed by atoms with Crippen molar-refractivity contribution in [3.05, 3.63) is 66.2 Å². The Labute approximate surface area is 177 Å². The van der Waals surface area contributed by atoms with Gasteiger partial charge in [0.15, 0.2) is 0 Å². The fourth-order valence-electron chi connectivity index (χ4n) is 3.25. The molecule has 1 heterocycles. The molecule has 1 aromatic heterocycles. The minimum Gasteiger partial charge on any atom is -0.456 e. The summed E-state index contributed by atoms with van der Waals surface area (Å²) < 4.78 is 12.1. The van der Waals surface area contributed by atoms with Gasteiger partial charge in [-0.15, -0.1) is 0 Å². The van der Waals surface area contributed by atoms with Gasteiger partial charge < -0.3 is 14.2 Å². The van der Waals surface area contributed by atoms with Crippen LogP contribution in [0.15, 0.2) is 65.1 Å². The van der Waals surface area contributed by atoms with Crippen LogP contribution in [0.3, 0.4) is 0 Å². The summed E-state index contributed by atoms with van der Waals surface area (Å²) in [5.74, 6) is 0. The Bertz CT molecular complexity index is 1280. The van der Waals surface area contributed by atoms with Crippen molar-refractivity contribution in [1.82, 2.24) is 0 Å². The van der Waals surface area contributed by atoms with Crippen molar-refractivity contribution < 1.29 is 14.2 Å². The normalized spacial score (nSPS) is 12.3. The van der Waals surface area contributed by atoms with E-state index in [1.54, 1.807) is 27.4 Å². The second-order valence-corrected chi connectivity index (χ2v) is 8.53. The summed E-state index contributed by atoms with van der Waals surface area (Å²) in [6, 6.07) is 21.6. The molecule has 0 aliphatic heterocycles. The highest BCUT2D eigenvalue weighted by atomic mass is 16.5. The molecule has 149 valence electrons. The van der Waals surface area contributed by atoms with E-state index < -0.39 is 11.2 Å². The highest BCUT2D eigenvalue weighted by Crippen LogP contribution is 2.32. The molecule has 0 saturated heterocycles. The molecule has 4 aromatic rings. The number of rotatable bonds is 5. The first-order valence-electron chi connectivity index (χ1n) is 9.89. The van der Waals surface area contributed by atoms with Crippen LogP contribution in [0, 0.1) is 11.3 Å². The van der Waals surface area contributed by atoms with Gasteiger partial charge in [0.05, 0.1) is 22.8 Å². The minimum absolute atomic E-state index is 0.626. The highest BCUT2D eigenvalue weighted by molar-refractivity contribution is 6.52. The Morgan fingerprint density at radius 1 is 0.933 bits per heavy atom. The van der Waals surface area contributed by atoms with E-state index in [1.165, 1.54) is 0 Å². The molecule has 5 heteroatoms. The summed E-state index contributed by atoms with van der Waals surface area (Å²) in [4.78, 5) is 0. The predicted molar refractivity (Wildman–Crippen MR) is 121 cm³/mol. The molecule has 0 aliphatic carbocycles. The van der Waals surface area contributed by atoms with Crippen molar-refractivity contribution >= 4 is 34.9 Å². The number of furan rings is 1. The lowest BCUT2D eigenvalue weighted by molar-refractivity contribution is -0.0893. The van der Waals surface area contributed by atoms with E-state index in [2.05, 4.69) is 6.07 Å². The maximum absolute atomic E-state index is 10.4. The maximum atomic E-state index is 10.4. The molecule has 0 fully saturated rings. The zero-order valence-corrected chi connectivity index (χ0v) is 17.6. The quantitative estimate of drug-likeness (QED) is 0.486. The molecule has 1 N–H and O–H groups in total. The van der Waals surface area contributed by atoms with Crippen LogP contribution in [-0.2, 0) is 4.65 Å². The summed E-state index contributed by atoms with van der Waals surface area (Å²) in [6.07, 6.45) is 0. The summed E-state index contributed by atoms with van der Waals surface area (Å²) in [7, 11) is 1.69. The molecule has 3 aromatic carbocycles. The van der Waals surface area contributed by atoms with Crippen LogP contribution in [0.25, 0.3) is 33.1 Å². The smallest absolute Gasteiger partial charge is 0.331 e. The zero-order chi connectivity index (χ0) is 21.5. The Balaban J connectivity index is 1.75. The molecular formula is C25H23BNO3. The van der Waals surface area contributed by atoms with Crippen molar-refractivity contribution in [3.63, 3.8) is 0 Å². The molecule has 30 heavy (non-hydrogen) atoms. The lowest BCUT2D eigenvalue weighted by Crippen LogP contribution is -2.49. The van der Waals surface area contributed by atoms with Gasteiger partial charge >= 0.3 is 7.48 Å². The van der Waals surface area contributed by atoms with Crippen molar-refractivity contribution in [2.75, 3.05) is 0 Å². The third kappa shape index (κ3) is 3.61. The van der Waals surface area contributed by atoms with E-state index in [4.69, 9.17) is 14.3 Å². The standard InChI is InChI=1S/C25H23BNO3/c1-24(2,28)25(3,4)30-26-20-9-6-10-21-23(20)19-12-11-18(14-22(19)29-21)17-8-5-7-16(13-17)15-27/h5-14,28H,1-4H3. The van der Waals surface area contributed by atoms with Crippen molar-refractivity contribution in [2.24, 2.45) is 0 Å². The van der Waals surface area contributed by atoms with E-state index in [9.17, 15) is 5.11 Å². The lowest BCUT2D eigenvalue weighted by Gasteiger charge is -2.37. The molecule has 0 saturated carbocycles. The van der Waals surface area contributed by atoms with Crippen LogP contribution >= 0.6 is 0 Å². The number of hydrogen-bond acceptors (Lipinski definition) is 4. The van der Waals surface area contributed by atoms with Crippen LogP contribution in [0.5, 0.6) is 0 Å². The van der Waals surface area contributed by atoms with Gasteiger partial charge in [-0.1, -0.05) is 30.3 Å². The largest absolute Gasteiger partial charge is 0.456 e. The second kappa shape index (κ2) is 7.32. The average molecular weight is 396 g/mol. The minimum atomic E-state index is -0.997. The number of hydrogen-bond donors (Lipinski definition) is 1. The van der Waals surface area contributed by atoms with E-state index in [1.807, 2.05) is 68.4 Å². The van der Waals surface area contributed by atoms with Crippen LogP contribution in [-0.4, -0.2) is 23.8 Å². The van der Waals surface area contributed by atoms with Gasteiger partial charge in [0.2, 0.25) is 0 Å². The molecule has 0 spiro atoms. The molecule has 0 aliphatic rings. The first-order chi connectivity index (χ1) is 14.2. The van der Waals surface area contributed by atoms with Gasteiger partial charge in [-0.3, -0.25) is 0 Å². The summed E-state index contributed by atoms with van der Waals surface area (Å²) in [6.45, 7) is 7.19. The lowest BCUT2D eigenvalue weighted by atomic mass is 9.80. The first-order valence-corrected chi connectivity index (χ1v) is 9.89. The third-order valence-electron chi connectivity index (χ3n) is 5.81. The van der Waals surface area contributed by atoms with Crippen molar-refractivity contribution in [1.29, 1.82) is 5.26 Å². The monoisotopic (exact) mass is 396 g/mol. The molecule has 4 nitrogen and oxygen atoms in total. The predicted octanol–water partition coefficient (Wildman–Crippen LogP) is 4.94. The molecule has 4 rings (SSSR count). The third-order valence-corrected chi connectivity index (χ3v) is 5.81. The SMILES string of the molecule is CC(C)(O)C(C)(C)O[B]c1cccc2oc3cc(-c4cccc(C#N)c4)ccc3c12. The Kier molecular flexibility index (Phi) is 4.93. The van der Waals surface area contributed by atoms with Gasteiger partial charge in [0, 0.05) is 10.8 Å². The van der Waals surface area contributed by atoms with E-state index in [0.717, 1.165) is 38.5 Å². The van der Waals surface area contributed by atoms with Crippen molar-refractivity contribution in [3.8, 4) is 17.2 Å². The second-order valence-electron chi connectivity index (χ2n) is 8.53. The van der Waals surface area contributed by atoms with Crippen molar-refractivity contribution in [2.45, 2.75) is 38.9 Å². The Morgan fingerprint density at radius 3 is 2.40 bits per heavy atom. The summed E-state index contributed by atoms with van der Waals surface area (Å²) in [5, 5.41) is 21.5. The average Bonchev–Trinajstić information content (AvgIpc) is 3.09. The van der Waals surface area contributed by atoms with E-state index in [-0.39, 0.29) is 0 Å². The van der Waals surface area contributed by atoms with E-state index in [0.29, 0.717) is 5.56 Å². The van der Waals surface area contributed by atoms with Crippen LogP contribution in [0.1, 0.15) is 33.3 Å². The van der Waals surface area contributed by atoms with Crippen LogP contribution in [0.2, 0.25) is 0 Å². The first kappa shape index (κ1) is 20.2. The van der Waals surface area contributed by atoms with Gasteiger partial charge in [-0.25, -0.2) is 0 Å². The van der Waals surface area contributed by atoms with Crippen LogP contribution < -0.4 is 5.46 Å². The summed E-state index contributed by atoms with van der Waals surface area (Å²) in [5.41, 5.74) is 3.26. The number of nitrogens with zero attached hydrogens (tertiary/aromatic N) is 1. The number of nitriles is 1. The number of aliphatic hydroxyl groups is 1. The molecular weight excluding hydrogens is 373 g/mol. The fraction of sp³-hybridized carbons (Fsp3) is 0.240. The maximum Gasteiger partial charge on any atom is 0.331 e. The number of benzene rings is 3. The summed E-state index contributed by atoms with van der Waals surface area (Å²) >= 11 is 0. The molecule has 0 unspecified atom stereocenters. The van der Waals surface area contributed by atoms with Gasteiger partial charge in [-0.2, -0.15) is 5.26 Å². The van der Waals surface area contributed by atoms with E-state index >= 15 is 0 Å². The Hall–Kier alpha value is -3.07. The topological polar surface area (TPSA) is 66.4 Å². The molecule has 0 amide bonds. The van der Waals surface area contributed by atoms with Crippen LogP contribution in [0.4, 0.5) is 0 Å². The highest BCUT2D eigenvalue weighted by Gasteiger charge is 2.36. The van der Waals surface area contributed by atoms with Gasteiger partial charge in [0.1, 0.15) is 11.2 Å². The number of fused-ring (bicyclic) bond motifs is 3. The molecule has 1 radical (unpaired) electrons.